The molecule has 8 heteroatoms. The Hall–Kier alpha value is -2.64. The van der Waals surface area contributed by atoms with Gasteiger partial charge in [-0.15, -0.1) is 0 Å². The molecule has 1 amide bonds. The number of aromatic nitrogens is 3. The van der Waals surface area contributed by atoms with E-state index in [0.717, 1.165) is 37.7 Å². The molecule has 0 spiro atoms. The SMILES string of the molecule is CCn1c(N2CC[C@@H]3CC(=O)N(C)[C@@H]3C2)nc2cc(C(=O)OC)cnc21. The number of esters is 1. The molecule has 0 unspecified atom stereocenters. The molecule has 4 heterocycles. The predicted octanol–water partition coefficient (Wildman–Crippen LogP) is 1.29. The van der Waals surface area contributed by atoms with Crippen molar-refractivity contribution in [2.24, 2.45) is 5.92 Å². The Morgan fingerprint density at radius 1 is 1.42 bits per heavy atom. The van der Waals surface area contributed by atoms with Crippen LogP contribution >= 0.6 is 0 Å². The Morgan fingerprint density at radius 2 is 2.23 bits per heavy atom. The van der Waals surface area contributed by atoms with Crippen LogP contribution in [0.15, 0.2) is 12.3 Å². The first-order valence-corrected chi connectivity index (χ1v) is 8.98. The van der Waals surface area contributed by atoms with Crippen LogP contribution in [0.5, 0.6) is 0 Å². The highest BCUT2D eigenvalue weighted by atomic mass is 16.5. The van der Waals surface area contributed by atoms with Gasteiger partial charge in [0.05, 0.1) is 18.7 Å². The van der Waals surface area contributed by atoms with E-state index < -0.39 is 5.97 Å². The number of hydrogen-bond acceptors (Lipinski definition) is 6. The van der Waals surface area contributed by atoms with Crippen LogP contribution in [0.3, 0.4) is 0 Å². The van der Waals surface area contributed by atoms with E-state index in [-0.39, 0.29) is 11.9 Å². The Labute approximate surface area is 151 Å². The molecule has 2 atom stereocenters. The van der Waals surface area contributed by atoms with Crippen LogP contribution in [0.2, 0.25) is 0 Å². The quantitative estimate of drug-likeness (QED) is 0.770. The van der Waals surface area contributed by atoms with Crippen LogP contribution in [-0.4, -0.2) is 64.6 Å². The van der Waals surface area contributed by atoms with Gasteiger partial charge in [0.25, 0.3) is 0 Å². The summed E-state index contributed by atoms with van der Waals surface area (Å²) in [5, 5.41) is 0. The second-order valence-corrected chi connectivity index (χ2v) is 6.99. The Balaban J connectivity index is 1.69. The van der Waals surface area contributed by atoms with Crippen molar-refractivity contribution in [3.63, 3.8) is 0 Å². The fourth-order valence-electron chi connectivity index (χ4n) is 4.15. The van der Waals surface area contributed by atoms with Crippen LogP contribution in [0, 0.1) is 5.92 Å². The fourth-order valence-corrected chi connectivity index (χ4v) is 4.15. The molecular weight excluding hydrogens is 334 g/mol. The zero-order valence-corrected chi connectivity index (χ0v) is 15.3. The van der Waals surface area contributed by atoms with Gasteiger partial charge in [0.2, 0.25) is 11.9 Å². The molecule has 26 heavy (non-hydrogen) atoms. The highest BCUT2D eigenvalue weighted by molar-refractivity contribution is 5.92. The average molecular weight is 357 g/mol. The van der Waals surface area contributed by atoms with Gasteiger partial charge in [0.15, 0.2) is 5.65 Å². The van der Waals surface area contributed by atoms with Gasteiger partial charge >= 0.3 is 5.97 Å². The zero-order chi connectivity index (χ0) is 18.4. The summed E-state index contributed by atoms with van der Waals surface area (Å²) >= 11 is 0. The number of fused-ring (bicyclic) bond motifs is 2. The Kier molecular flexibility index (Phi) is 4.05. The van der Waals surface area contributed by atoms with E-state index >= 15 is 0 Å². The third kappa shape index (κ3) is 2.51. The molecule has 2 saturated heterocycles. The molecule has 0 aliphatic carbocycles. The normalized spacial score (nSPS) is 22.8. The van der Waals surface area contributed by atoms with Crippen LogP contribution in [0.25, 0.3) is 11.2 Å². The molecule has 2 aliphatic heterocycles. The second-order valence-electron chi connectivity index (χ2n) is 6.99. The maximum atomic E-state index is 12.0. The highest BCUT2D eigenvalue weighted by Gasteiger charge is 2.41. The summed E-state index contributed by atoms with van der Waals surface area (Å²) in [7, 11) is 3.25. The summed E-state index contributed by atoms with van der Waals surface area (Å²) in [6.07, 6.45) is 3.17. The van der Waals surface area contributed by atoms with Gasteiger partial charge in [-0.2, -0.15) is 0 Å². The number of pyridine rings is 1. The van der Waals surface area contributed by atoms with E-state index in [1.54, 1.807) is 6.07 Å². The lowest BCUT2D eigenvalue weighted by Gasteiger charge is -2.37. The monoisotopic (exact) mass is 357 g/mol. The van der Waals surface area contributed by atoms with E-state index in [0.29, 0.717) is 23.4 Å². The Morgan fingerprint density at radius 3 is 2.96 bits per heavy atom. The van der Waals surface area contributed by atoms with Crippen molar-refractivity contribution in [1.29, 1.82) is 0 Å². The number of nitrogens with zero attached hydrogens (tertiary/aromatic N) is 5. The molecule has 0 bridgehead atoms. The minimum Gasteiger partial charge on any atom is -0.465 e. The summed E-state index contributed by atoms with van der Waals surface area (Å²) in [6, 6.07) is 1.96. The Bertz CT molecular complexity index is 877. The molecule has 4 rings (SSSR count). The number of hydrogen-bond donors (Lipinski definition) is 0. The number of piperidine rings is 1. The summed E-state index contributed by atoms with van der Waals surface area (Å²) < 4.78 is 6.84. The smallest absolute Gasteiger partial charge is 0.339 e. The van der Waals surface area contributed by atoms with E-state index in [4.69, 9.17) is 9.72 Å². The molecule has 0 N–H and O–H groups in total. The number of likely N-dealkylation sites (tertiary alicyclic amines) is 1. The van der Waals surface area contributed by atoms with Crippen molar-refractivity contribution < 1.29 is 14.3 Å². The number of imidazole rings is 1. The highest BCUT2D eigenvalue weighted by Crippen LogP contribution is 2.34. The van der Waals surface area contributed by atoms with E-state index in [2.05, 4.69) is 21.4 Å². The number of anilines is 1. The topological polar surface area (TPSA) is 80.6 Å². The molecular formula is C18H23N5O3. The third-order valence-electron chi connectivity index (χ3n) is 5.63. The van der Waals surface area contributed by atoms with Crippen LogP contribution < -0.4 is 4.90 Å². The lowest BCUT2D eigenvalue weighted by Crippen LogP contribution is -2.48. The number of carbonyl (C=O) groups excluding carboxylic acids is 2. The number of aryl methyl sites for hydroxylation is 1. The van der Waals surface area contributed by atoms with Gasteiger partial charge in [-0.1, -0.05) is 0 Å². The number of carbonyl (C=O) groups is 2. The number of ether oxygens (including phenoxy) is 1. The van der Waals surface area contributed by atoms with Crippen LogP contribution in [0.1, 0.15) is 30.1 Å². The summed E-state index contributed by atoms with van der Waals surface area (Å²) in [6.45, 7) is 4.43. The molecule has 0 saturated carbocycles. The number of methoxy groups -OCH3 is 1. The van der Waals surface area contributed by atoms with Crippen molar-refractivity contribution in [2.45, 2.75) is 32.4 Å². The van der Waals surface area contributed by atoms with E-state index in [9.17, 15) is 9.59 Å². The first-order chi connectivity index (χ1) is 12.5. The minimum atomic E-state index is -0.418. The lowest BCUT2D eigenvalue weighted by atomic mass is 9.92. The first-order valence-electron chi connectivity index (χ1n) is 8.98. The molecule has 138 valence electrons. The largest absolute Gasteiger partial charge is 0.465 e. The zero-order valence-electron chi connectivity index (χ0n) is 15.3. The summed E-state index contributed by atoms with van der Waals surface area (Å²) in [5.74, 6) is 1.10. The van der Waals surface area contributed by atoms with Crippen molar-refractivity contribution >= 4 is 29.0 Å². The summed E-state index contributed by atoms with van der Waals surface area (Å²) in [4.78, 5) is 37.1. The molecule has 8 nitrogen and oxygen atoms in total. The standard InChI is InChI=1S/C18H23N5O3/c1-4-23-16-13(7-12(9-19-16)17(25)26-3)20-18(23)22-6-5-11-8-15(24)21(2)14(11)10-22/h7,9,11,14H,4-6,8,10H2,1-3H3/t11-,14-/m1/s1. The number of likely N-dealkylation sites (N-methyl/N-ethyl adjacent to an activating group) is 1. The van der Waals surface area contributed by atoms with Gasteiger partial charge in [-0.25, -0.2) is 14.8 Å². The molecule has 2 aromatic rings. The van der Waals surface area contributed by atoms with Crippen molar-refractivity contribution in [3.8, 4) is 0 Å². The third-order valence-corrected chi connectivity index (χ3v) is 5.63. The molecule has 2 aliphatic rings. The predicted molar refractivity (Wildman–Crippen MR) is 96.0 cm³/mol. The van der Waals surface area contributed by atoms with Crippen molar-refractivity contribution in [2.75, 3.05) is 32.1 Å². The van der Waals surface area contributed by atoms with E-state index in [1.165, 1.54) is 13.3 Å². The first kappa shape index (κ1) is 16.8. The van der Waals surface area contributed by atoms with E-state index in [1.807, 2.05) is 11.9 Å². The maximum absolute atomic E-state index is 12.0. The number of amides is 1. The minimum absolute atomic E-state index is 0.232. The van der Waals surface area contributed by atoms with Gasteiger partial charge in [-0.05, 0) is 25.3 Å². The summed E-state index contributed by atoms with van der Waals surface area (Å²) in [5.41, 5.74) is 1.84. The van der Waals surface area contributed by atoms with Crippen LogP contribution in [-0.2, 0) is 16.1 Å². The number of rotatable bonds is 3. The molecule has 2 aromatic heterocycles. The average Bonchev–Trinajstić information content (AvgIpc) is 3.17. The fraction of sp³-hybridized carbons (Fsp3) is 0.556. The second kappa shape index (κ2) is 6.26. The maximum Gasteiger partial charge on any atom is 0.339 e. The van der Waals surface area contributed by atoms with Crippen LogP contribution in [0.4, 0.5) is 5.95 Å². The van der Waals surface area contributed by atoms with Crippen molar-refractivity contribution in [1.82, 2.24) is 19.4 Å². The molecule has 2 fully saturated rings. The molecule has 0 radical (unpaired) electrons. The lowest BCUT2D eigenvalue weighted by molar-refractivity contribution is -0.127. The van der Waals surface area contributed by atoms with Gasteiger partial charge in [0.1, 0.15) is 5.52 Å². The molecule has 0 aromatic carbocycles. The van der Waals surface area contributed by atoms with Crippen molar-refractivity contribution in [3.05, 3.63) is 17.8 Å². The van der Waals surface area contributed by atoms with Gasteiger partial charge < -0.3 is 14.5 Å². The van der Waals surface area contributed by atoms with Gasteiger partial charge in [0, 0.05) is 39.3 Å². The van der Waals surface area contributed by atoms with Gasteiger partial charge in [-0.3, -0.25) is 9.36 Å².